The molecular formula is C10H11Br2N3OS. The minimum absolute atomic E-state index is 0.424. The molecule has 0 fully saturated rings. The molecule has 4 nitrogen and oxygen atoms in total. The van der Waals surface area contributed by atoms with Gasteiger partial charge in [0.25, 0.3) is 0 Å². The number of rotatable bonds is 3. The maximum absolute atomic E-state index is 5.50. The van der Waals surface area contributed by atoms with Gasteiger partial charge in [-0.05, 0) is 55.8 Å². The quantitative estimate of drug-likeness (QED) is 0.497. The van der Waals surface area contributed by atoms with E-state index in [2.05, 4.69) is 42.1 Å². The molecule has 0 saturated carbocycles. The molecule has 0 bridgehead atoms. The van der Waals surface area contributed by atoms with Gasteiger partial charge in [-0.15, -0.1) is 5.10 Å². The van der Waals surface area contributed by atoms with Crippen LogP contribution in [0.4, 0.5) is 0 Å². The van der Waals surface area contributed by atoms with Gasteiger partial charge in [-0.1, -0.05) is 11.8 Å². The Balaban J connectivity index is 2.94. The number of methoxy groups -OCH3 is 1. The van der Waals surface area contributed by atoms with E-state index < -0.39 is 0 Å². The van der Waals surface area contributed by atoms with Crippen LogP contribution >= 0.6 is 43.6 Å². The van der Waals surface area contributed by atoms with Crippen LogP contribution in [0.25, 0.3) is 0 Å². The van der Waals surface area contributed by atoms with E-state index in [0.717, 1.165) is 20.3 Å². The summed E-state index contributed by atoms with van der Waals surface area (Å²) in [6.45, 7) is 0. The average Bonchev–Trinajstić information content (AvgIpc) is 2.28. The summed E-state index contributed by atoms with van der Waals surface area (Å²) in [6.07, 6.45) is 3.47. The lowest BCUT2D eigenvalue weighted by Gasteiger charge is -2.06. The van der Waals surface area contributed by atoms with Gasteiger partial charge in [0.05, 0.1) is 22.3 Å². The Morgan fingerprint density at radius 1 is 1.41 bits per heavy atom. The van der Waals surface area contributed by atoms with Crippen LogP contribution in [0.15, 0.2) is 31.3 Å². The molecule has 0 atom stereocenters. The molecule has 0 aliphatic carbocycles. The van der Waals surface area contributed by atoms with Crippen LogP contribution in [0.3, 0.4) is 0 Å². The van der Waals surface area contributed by atoms with Crippen LogP contribution in [0.2, 0.25) is 0 Å². The second-order valence-electron chi connectivity index (χ2n) is 2.90. The molecule has 0 aliphatic heterocycles. The van der Waals surface area contributed by atoms with Crippen molar-refractivity contribution < 1.29 is 4.74 Å². The summed E-state index contributed by atoms with van der Waals surface area (Å²) in [5.41, 5.74) is 6.39. The highest BCUT2D eigenvalue weighted by Gasteiger charge is 2.06. The van der Waals surface area contributed by atoms with Crippen molar-refractivity contribution in [1.29, 1.82) is 0 Å². The van der Waals surface area contributed by atoms with E-state index in [1.54, 1.807) is 13.3 Å². The Morgan fingerprint density at radius 2 is 2.00 bits per heavy atom. The van der Waals surface area contributed by atoms with Crippen molar-refractivity contribution in [3.63, 3.8) is 0 Å². The van der Waals surface area contributed by atoms with Crippen molar-refractivity contribution in [1.82, 2.24) is 0 Å². The Bertz CT molecular complexity index is 440. The third kappa shape index (κ3) is 4.33. The second kappa shape index (κ2) is 7.03. The van der Waals surface area contributed by atoms with Gasteiger partial charge in [0.1, 0.15) is 5.75 Å². The molecule has 1 rings (SSSR count). The van der Waals surface area contributed by atoms with Crippen LogP contribution in [-0.2, 0) is 0 Å². The molecule has 1 aromatic rings. The third-order valence-electron chi connectivity index (χ3n) is 1.80. The van der Waals surface area contributed by atoms with Crippen molar-refractivity contribution in [2.45, 2.75) is 0 Å². The number of thioether (sulfide) groups is 1. The largest absolute Gasteiger partial charge is 0.494 e. The van der Waals surface area contributed by atoms with Crippen molar-refractivity contribution >= 4 is 55.0 Å². The number of nitrogens with zero attached hydrogens (tertiary/aromatic N) is 2. The third-order valence-corrected chi connectivity index (χ3v) is 3.47. The number of hydrogen-bond acceptors (Lipinski definition) is 4. The summed E-state index contributed by atoms with van der Waals surface area (Å²) in [4.78, 5) is 0. The Kier molecular flexibility index (Phi) is 6.01. The molecular weight excluding hydrogens is 370 g/mol. The molecule has 0 aliphatic rings. The molecule has 1 aromatic carbocycles. The highest BCUT2D eigenvalue weighted by atomic mass is 79.9. The van der Waals surface area contributed by atoms with Gasteiger partial charge in [-0.25, -0.2) is 0 Å². The first-order chi connectivity index (χ1) is 8.08. The first-order valence-electron chi connectivity index (χ1n) is 4.52. The van der Waals surface area contributed by atoms with Gasteiger partial charge >= 0.3 is 0 Å². The van der Waals surface area contributed by atoms with E-state index in [4.69, 9.17) is 10.5 Å². The van der Waals surface area contributed by atoms with Gasteiger partial charge in [0, 0.05) is 0 Å². The standard InChI is InChI=1S/C10H11Br2N3OS/c1-16-9-7(11)3-6(4-8(9)12)5-14-15-10(13)17-2/h3-5H,1-2H3,(H2,13,15)/b14-5-. The van der Waals surface area contributed by atoms with Crippen LogP contribution in [-0.4, -0.2) is 24.7 Å². The SMILES string of the molecule is COc1c(Br)cc(/C=N\N=C(/N)SC)cc1Br. The van der Waals surface area contributed by atoms with E-state index in [-0.39, 0.29) is 0 Å². The number of ether oxygens (including phenoxy) is 1. The normalized spacial score (nSPS) is 12.1. The van der Waals surface area contributed by atoms with E-state index in [1.165, 1.54) is 11.8 Å². The first kappa shape index (κ1) is 14.5. The Morgan fingerprint density at radius 3 is 2.47 bits per heavy atom. The monoisotopic (exact) mass is 379 g/mol. The zero-order valence-corrected chi connectivity index (χ0v) is 13.3. The van der Waals surface area contributed by atoms with Crippen molar-refractivity contribution in [3.8, 4) is 5.75 Å². The average molecular weight is 381 g/mol. The van der Waals surface area contributed by atoms with Crippen LogP contribution in [0.1, 0.15) is 5.56 Å². The number of benzene rings is 1. The summed E-state index contributed by atoms with van der Waals surface area (Å²) >= 11 is 8.17. The van der Waals surface area contributed by atoms with Crippen molar-refractivity contribution in [3.05, 3.63) is 26.6 Å². The molecule has 2 N–H and O–H groups in total. The summed E-state index contributed by atoms with van der Waals surface area (Å²) in [7, 11) is 1.61. The summed E-state index contributed by atoms with van der Waals surface area (Å²) in [5.74, 6) is 0.745. The van der Waals surface area contributed by atoms with Gasteiger partial charge in [0.15, 0.2) is 5.17 Å². The molecule has 17 heavy (non-hydrogen) atoms. The topological polar surface area (TPSA) is 60.0 Å². The molecule has 92 valence electrons. The van der Waals surface area contributed by atoms with E-state index in [1.807, 2.05) is 18.4 Å². The molecule has 0 unspecified atom stereocenters. The maximum atomic E-state index is 5.50. The lowest BCUT2D eigenvalue weighted by molar-refractivity contribution is 0.409. The van der Waals surface area contributed by atoms with Crippen molar-refractivity contribution in [2.24, 2.45) is 15.9 Å². The number of amidine groups is 1. The second-order valence-corrected chi connectivity index (χ2v) is 5.44. The Labute approximate surface area is 121 Å². The summed E-state index contributed by atoms with van der Waals surface area (Å²) in [6, 6.07) is 3.77. The van der Waals surface area contributed by atoms with E-state index in [9.17, 15) is 0 Å². The molecule has 0 aromatic heterocycles. The number of nitrogens with two attached hydrogens (primary N) is 1. The highest BCUT2D eigenvalue weighted by molar-refractivity contribution is 9.11. The molecule has 0 saturated heterocycles. The summed E-state index contributed by atoms with van der Waals surface area (Å²) in [5, 5.41) is 8.11. The molecule has 0 spiro atoms. The molecule has 0 heterocycles. The predicted octanol–water partition coefficient (Wildman–Crippen LogP) is 3.23. The van der Waals surface area contributed by atoms with Gasteiger partial charge in [-0.2, -0.15) is 5.10 Å². The lowest BCUT2D eigenvalue weighted by atomic mass is 10.2. The van der Waals surface area contributed by atoms with E-state index in [0.29, 0.717) is 5.17 Å². The fourth-order valence-electron chi connectivity index (χ4n) is 1.04. The summed E-state index contributed by atoms with van der Waals surface area (Å²) < 4.78 is 6.89. The zero-order valence-electron chi connectivity index (χ0n) is 9.28. The van der Waals surface area contributed by atoms with E-state index >= 15 is 0 Å². The maximum Gasteiger partial charge on any atom is 0.180 e. The van der Waals surface area contributed by atoms with Gasteiger partial charge in [-0.3, -0.25) is 0 Å². The van der Waals surface area contributed by atoms with Crippen LogP contribution in [0.5, 0.6) is 5.75 Å². The fraction of sp³-hybridized carbons (Fsp3) is 0.200. The van der Waals surface area contributed by atoms with Crippen LogP contribution < -0.4 is 10.5 Å². The predicted molar refractivity (Wildman–Crippen MR) is 81.1 cm³/mol. The minimum Gasteiger partial charge on any atom is -0.494 e. The highest BCUT2D eigenvalue weighted by Crippen LogP contribution is 2.33. The fourth-order valence-corrected chi connectivity index (χ4v) is 2.72. The van der Waals surface area contributed by atoms with Crippen molar-refractivity contribution in [2.75, 3.05) is 13.4 Å². The first-order valence-corrected chi connectivity index (χ1v) is 7.33. The van der Waals surface area contributed by atoms with Gasteiger partial charge < -0.3 is 10.5 Å². The molecule has 0 amide bonds. The zero-order chi connectivity index (χ0) is 12.8. The minimum atomic E-state index is 0.424. The lowest BCUT2D eigenvalue weighted by Crippen LogP contribution is -2.03. The molecule has 7 heteroatoms. The molecule has 0 radical (unpaired) electrons. The number of hydrogen-bond donors (Lipinski definition) is 1. The van der Waals surface area contributed by atoms with Gasteiger partial charge in [0.2, 0.25) is 0 Å². The van der Waals surface area contributed by atoms with Crippen LogP contribution in [0, 0.1) is 0 Å². The Hall–Kier alpha value is -0.530. The smallest absolute Gasteiger partial charge is 0.180 e. The number of halogens is 2.